The van der Waals surface area contributed by atoms with Crippen LogP contribution in [0.2, 0.25) is 0 Å². The normalized spacial score (nSPS) is 11.1. The minimum atomic E-state index is -3.73. The topological polar surface area (TPSA) is 85.1 Å². The van der Waals surface area contributed by atoms with Crippen LogP contribution in [0.3, 0.4) is 0 Å². The summed E-state index contributed by atoms with van der Waals surface area (Å²) in [6.07, 6.45) is 1.52. The number of aromatic nitrogens is 1. The maximum atomic E-state index is 12.2. The van der Waals surface area contributed by atoms with Gasteiger partial charge in [0.2, 0.25) is 0 Å². The maximum Gasteiger partial charge on any atom is 0.264 e. The number of hydrogen-bond acceptors (Lipinski definition) is 5. The van der Waals surface area contributed by atoms with Crippen molar-refractivity contribution < 1.29 is 8.42 Å². The summed E-state index contributed by atoms with van der Waals surface area (Å²) in [4.78, 5) is 3.95. The Hall–Kier alpha value is -1.51. The van der Waals surface area contributed by atoms with E-state index in [0.717, 1.165) is 0 Å². The van der Waals surface area contributed by atoms with Gasteiger partial charge in [-0.1, -0.05) is 30.4 Å². The molecule has 0 bridgehead atoms. The number of hydrogen-bond donors (Lipinski definition) is 2. The van der Waals surface area contributed by atoms with E-state index in [-0.39, 0.29) is 9.88 Å². The molecule has 8 heteroatoms. The Bertz CT molecular complexity index is 665. The van der Waals surface area contributed by atoms with E-state index in [1.807, 2.05) is 0 Å². The summed E-state index contributed by atoms with van der Waals surface area (Å²) in [5.41, 5.74) is 5.83. The van der Waals surface area contributed by atoms with Crippen molar-refractivity contribution in [1.82, 2.24) is 4.98 Å². The third-order valence-corrected chi connectivity index (χ3v) is 4.53. The molecule has 18 heavy (non-hydrogen) atoms. The van der Waals surface area contributed by atoms with Gasteiger partial charge in [-0.05, 0) is 6.07 Å². The smallest absolute Gasteiger partial charge is 0.264 e. The Kier molecular flexibility index (Phi) is 3.60. The van der Waals surface area contributed by atoms with Gasteiger partial charge in [0.25, 0.3) is 10.0 Å². The summed E-state index contributed by atoms with van der Waals surface area (Å²) < 4.78 is 26.7. The summed E-state index contributed by atoms with van der Waals surface area (Å²) in [7, 11) is -3.73. The quantitative estimate of drug-likeness (QED) is 0.837. The molecule has 0 spiro atoms. The van der Waals surface area contributed by atoms with Crippen molar-refractivity contribution in [3.63, 3.8) is 0 Å². The molecule has 0 unspecified atom stereocenters. The number of nitrogens with two attached hydrogens (primary N) is 1. The molecule has 0 atom stereocenters. The zero-order valence-corrected chi connectivity index (χ0v) is 11.5. The van der Waals surface area contributed by atoms with Crippen LogP contribution < -0.4 is 10.5 Å². The highest BCUT2D eigenvalue weighted by Gasteiger charge is 2.20. The van der Waals surface area contributed by atoms with E-state index in [4.69, 9.17) is 18.0 Å². The number of sulfonamides is 1. The molecule has 94 valence electrons. The summed E-state index contributed by atoms with van der Waals surface area (Å²) in [6, 6.07) is 6.30. The largest absolute Gasteiger partial charge is 0.389 e. The van der Waals surface area contributed by atoms with Crippen LogP contribution in [-0.4, -0.2) is 18.4 Å². The summed E-state index contributed by atoms with van der Waals surface area (Å²) in [5, 5.41) is 1.98. The number of anilines is 1. The lowest BCUT2D eigenvalue weighted by molar-refractivity contribution is 0.601. The molecule has 5 nitrogen and oxygen atoms in total. The monoisotopic (exact) mass is 299 g/mol. The minimum absolute atomic E-state index is 0.0371. The first-order chi connectivity index (χ1) is 8.50. The van der Waals surface area contributed by atoms with Gasteiger partial charge in [0, 0.05) is 17.1 Å². The highest BCUT2D eigenvalue weighted by Crippen LogP contribution is 2.20. The van der Waals surface area contributed by atoms with Gasteiger partial charge in [-0.3, -0.25) is 4.72 Å². The van der Waals surface area contributed by atoms with Gasteiger partial charge < -0.3 is 5.73 Å². The molecule has 1 heterocycles. The zero-order valence-electron chi connectivity index (χ0n) is 9.03. The Labute approximate surface area is 114 Å². The second-order valence-electron chi connectivity index (χ2n) is 3.30. The van der Waals surface area contributed by atoms with E-state index in [2.05, 4.69) is 9.71 Å². The van der Waals surface area contributed by atoms with Crippen LogP contribution in [0, 0.1) is 0 Å². The van der Waals surface area contributed by atoms with Crippen LogP contribution in [0.5, 0.6) is 0 Å². The second-order valence-corrected chi connectivity index (χ2v) is 6.29. The third kappa shape index (κ3) is 2.66. The van der Waals surface area contributed by atoms with Gasteiger partial charge in [0.15, 0.2) is 5.13 Å². The van der Waals surface area contributed by atoms with Gasteiger partial charge in [-0.15, -0.1) is 11.3 Å². The first-order valence-electron chi connectivity index (χ1n) is 4.82. The third-order valence-electron chi connectivity index (χ3n) is 2.10. The number of rotatable bonds is 4. The molecular weight excluding hydrogens is 290 g/mol. The van der Waals surface area contributed by atoms with Crippen LogP contribution in [0.4, 0.5) is 5.13 Å². The van der Waals surface area contributed by atoms with Gasteiger partial charge in [0.1, 0.15) is 4.99 Å². The number of nitrogens with one attached hydrogen (secondary N) is 1. The van der Waals surface area contributed by atoms with Crippen molar-refractivity contribution in [2.45, 2.75) is 4.90 Å². The lowest BCUT2D eigenvalue weighted by atomic mass is 10.2. The Morgan fingerprint density at radius 3 is 2.72 bits per heavy atom. The van der Waals surface area contributed by atoms with Gasteiger partial charge in [0.05, 0.1) is 4.90 Å². The highest BCUT2D eigenvalue weighted by molar-refractivity contribution is 7.93. The van der Waals surface area contributed by atoms with Crippen LogP contribution >= 0.6 is 23.6 Å². The van der Waals surface area contributed by atoms with Crippen molar-refractivity contribution >= 4 is 43.7 Å². The zero-order chi connectivity index (χ0) is 13.2. The van der Waals surface area contributed by atoms with Crippen molar-refractivity contribution in [2.24, 2.45) is 5.73 Å². The number of benzene rings is 1. The van der Waals surface area contributed by atoms with Crippen molar-refractivity contribution in [2.75, 3.05) is 4.72 Å². The van der Waals surface area contributed by atoms with E-state index in [0.29, 0.717) is 10.7 Å². The average Bonchev–Trinajstić information content (AvgIpc) is 2.81. The van der Waals surface area contributed by atoms with Gasteiger partial charge >= 0.3 is 0 Å². The molecule has 0 radical (unpaired) electrons. The van der Waals surface area contributed by atoms with Crippen LogP contribution in [0.25, 0.3) is 0 Å². The van der Waals surface area contributed by atoms with Crippen LogP contribution in [0.1, 0.15) is 5.56 Å². The van der Waals surface area contributed by atoms with E-state index >= 15 is 0 Å². The van der Waals surface area contributed by atoms with E-state index in [9.17, 15) is 8.42 Å². The molecular formula is C10H9N3O2S3. The number of thiocarbonyl (C=S) groups is 1. The Morgan fingerprint density at radius 2 is 2.11 bits per heavy atom. The highest BCUT2D eigenvalue weighted by atomic mass is 32.2. The molecule has 0 fully saturated rings. The molecule has 0 aliphatic rings. The summed E-state index contributed by atoms with van der Waals surface area (Å²) in [6.45, 7) is 0. The van der Waals surface area contributed by atoms with Crippen molar-refractivity contribution in [1.29, 1.82) is 0 Å². The van der Waals surface area contributed by atoms with Crippen molar-refractivity contribution in [3.8, 4) is 0 Å². The molecule has 0 aliphatic carbocycles. The predicted octanol–water partition coefficient (Wildman–Crippen LogP) is 1.58. The van der Waals surface area contributed by atoms with E-state index < -0.39 is 10.0 Å². The minimum Gasteiger partial charge on any atom is -0.389 e. The number of thiazole rings is 1. The molecule has 3 N–H and O–H groups in total. The molecule has 0 saturated heterocycles. The van der Waals surface area contributed by atoms with Crippen molar-refractivity contribution in [3.05, 3.63) is 41.4 Å². The Morgan fingerprint density at radius 1 is 1.39 bits per heavy atom. The fourth-order valence-corrected chi connectivity index (χ4v) is 3.60. The molecule has 2 aromatic rings. The summed E-state index contributed by atoms with van der Waals surface area (Å²) >= 11 is 6.03. The first-order valence-corrected chi connectivity index (χ1v) is 7.59. The molecule has 0 aliphatic heterocycles. The molecule has 1 aromatic carbocycles. The first kappa shape index (κ1) is 12.9. The molecule has 1 aromatic heterocycles. The van der Waals surface area contributed by atoms with Gasteiger partial charge in [-0.25, -0.2) is 13.4 Å². The predicted molar refractivity (Wildman–Crippen MR) is 75.3 cm³/mol. The van der Waals surface area contributed by atoms with E-state index in [1.54, 1.807) is 23.6 Å². The van der Waals surface area contributed by atoms with Crippen LogP contribution in [0.15, 0.2) is 40.7 Å². The lowest BCUT2D eigenvalue weighted by Crippen LogP contribution is -2.19. The Balaban J connectivity index is 2.45. The fraction of sp³-hybridized carbons (Fsp3) is 0. The fourth-order valence-electron chi connectivity index (χ4n) is 1.35. The molecule has 2 rings (SSSR count). The molecule has 0 amide bonds. The molecule has 0 saturated carbocycles. The van der Waals surface area contributed by atoms with E-state index in [1.165, 1.54) is 23.6 Å². The van der Waals surface area contributed by atoms with Gasteiger partial charge in [-0.2, -0.15) is 0 Å². The lowest BCUT2D eigenvalue weighted by Gasteiger charge is -2.09. The average molecular weight is 299 g/mol. The standard InChI is InChI=1S/C10H9N3O2S3/c11-9(16)7-3-1-2-4-8(7)18(14,15)13-10-12-5-6-17-10/h1-6H,(H2,11,16)(H,12,13). The maximum absolute atomic E-state index is 12.2. The number of nitrogens with zero attached hydrogens (tertiary/aromatic N) is 1. The second kappa shape index (κ2) is 5.01. The van der Waals surface area contributed by atoms with Crippen LogP contribution in [-0.2, 0) is 10.0 Å². The SMILES string of the molecule is NC(=S)c1ccccc1S(=O)(=O)Nc1nccs1. The summed E-state index contributed by atoms with van der Waals surface area (Å²) in [5.74, 6) is 0.